The third-order valence-corrected chi connectivity index (χ3v) is 4.51. The lowest BCUT2D eigenvalue weighted by Gasteiger charge is -2.25. The van der Waals surface area contributed by atoms with Crippen molar-refractivity contribution in [3.8, 4) is 0 Å². The van der Waals surface area contributed by atoms with Crippen LogP contribution in [-0.2, 0) is 24.1 Å². The molecule has 2 aliphatic rings. The molecule has 0 radical (unpaired) electrons. The molecule has 1 saturated heterocycles. The van der Waals surface area contributed by atoms with Crippen molar-refractivity contribution in [2.24, 2.45) is 0 Å². The standard InChI is InChI=1S/C15H22N4O4/c1-2-19-12-4-3-10(9-11(12)13(17-19)14(20)21)16-5-6-18-7-8-23-15(18)22/h10,16H,2-9H2,1H3,(H,20,21)/t10-/m1/s1. The number of aryl methyl sites for hydroxylation is 1. The Labute approximate surface area is 134 Å². The van der Waals surface area contributed by atoms with Gasteiger partial charge in [0.05, 0.1) is 6.54 Å². The zero-order valence-corrected chi connectivity index (χ0v) is 13.2. The van der Waals surface area contributed by atoms with E-state index in [-0.39, 0.29) is 17.8 Å². The van der Waals surface area contributed by atoms with Crippen LogP contribution in [0.5, 0.6) is 0 Å². The largest absolute Gasteiger partial charge is 0.476 e. The highest BCUT2D eigenvalue weighted by Crippen LogP contribution is 2.25. The second-order valence-corrected chi connectivity index (χ2v) is 5.89. The van der Waals surface area contributed by atoms with Crippen LogP contribution in [0.1, 0.15) is 35.1 Å². The van der Waals surface area contributed by atoms with E-state index in [1.807, 2.05) is 6.92 Å². The third kappa shape index (κ3) is 3.17. The van der Waals surface area contributed by atoms with Crippen LogP contribution < -0.4 is 5.32 Å². The fourth-order valence-electron chi connectivity index (χ4n) is 3.33. The maximum Gasteiger partial charge on any atom is 0.409 e. The highest BCUT2D eigenvalue weighted by atomic mass is 16.6. The monoisotopic (exact) mass is 322 g/mol. The van der Waals surface area contributed by atoms with Gasteiger partial charge in [0, 0.05) is 36.9 Å². The Morgan fingerprint density at radius 3 is 3.00 bits per heavy atom. The number of nitrogens with one attached hydrogen (secondary N) is 1. The number of hydrogen-bond acceptors (Lipinski definition) is 5. The number of rotatable bonds is 6. The Morgan fingerprint density at radius 2 is 2.35 bits per heavy atom. The van der Waals surface area contributed by atoms with Crippen molar-refractivity contribution in [1.82, 2.24) is 20.0 Å². The molecule has 0 unspecified atom stereocenters. The molecule has 1 fully saturated rings. The predicted octanol–water partition coefficient (Wildman–Crippen LogP) is 0.500. The summed E-state index contributed by atoms with van der Waals surface area (Å²) in [4.78, 5) is 24.4. The van der Waals surface area contributed by atoms with E-state index in [0.717, 1.165) is 24.1 Å². The molecule has 0 bridgehead atoms. The molecule has 23 heavy (non-hydrogen) atoms. The molecule has 1 aliphatic carbocycles. The van der Waals surface area contributed by atoms with Crippen molar-refractivity contribution >= 4 is 12.1 Å². The van der Waals surface area contributed by atoms with E-state index in [4.69, 9.17) is 4.74 Å². The van der Waals surface area contributed by atoms with Crippen LogP contribution in [0.2, 0.25) is 0 Å². The summed E-state index contributed by atoms with van der Waals surface area (Å²) >= 11 is 0. The van der Waals surface area contributed by atoms with Crippen molar-refractivity contribution in [2.45, 2.75) is 38.8 Å². The minimum Gasteiger partial charge on any atom is -0.476 e. The molecular formula is C15H22N4O4. The first-order valence-corrected chi connectivity index (χ1v) is 8.07. The Bertz CT molecular complexity index is 613. The number of carbonyl (C=O) groups is 2. The summed E-state index contributed by atoms with van der Waals surface area (Å²) in [6.07, 6.45) is 2.19. The first kappa shape index (κ1) is 15.8. The molecule has 1 aromatic rings. The lowest BCUT2D eigenvalue weighted by atomic mass is 9.91. The van der Waals surface area contributed by atoms with Gasteiger partial charge in [-0.3, -0.25) is 4.68 Å². The van der Waals surface area contributed by atoms with E-state index in [9.17, 15) is 14.7 Å². The van der Waals surface area contributed by atoms with Gasteiger partial charge in [-0.1, -0.05) is 0 Å². The molecule has 1 aliphatic heterocycles. The van der Waals surface area contributed by atoms with Gasteiger partial charge in [0.25, 0.3) is 0 Å². The molecule has 1 aromatic heterocycles. The fraction of sp³-hybridized carbons (Fsp3) is 0.667. The Balaban J connectivity index is 1.60. The summed E-state index contributed by atoms with van der Waals surface area (Å²) in [6, 6.07) is 0.216. The molecule has 1 atom stereocenters. The summed E-state index contributed by atoms with van der Waals surface area (Å²) in [6.45, 7) is 5.05. The van der Waals surface area contributed by atoms with Gasteiger partial charge in [-0.2, -0.15) is 5.10 Å². The van der Waals surface area contributed by atoms with Gasteiger partial charge >= 0.3 is 12.1 Å². The number of ether oxygens (including phenoxy) is 1. The van der Waals surface area contributed by atoms with Gasteiger partial charge in [0.2, 0.25) is 0 Å². The van der Waals surface area contributed by atoms with E-state index >= 15 is 0 Å². The summed E-state index contributed by atoms with van der Waals surface area (Å²) in [5.74, 6) is -0.964. The number of amides is 1. The summed E-state index contributed by atoms with van der Waals surface area (Å²) in [5.41, 5.74) is 2.08. The maximum atomic E-state index is 11.4. The Morgan fingerprint density at radius 1 is 1.52 bits per heavy atom. The fourth-order valence-corrected chi connectivity index (χ4v) is 3.33. The van der Waals surface area contributed by atoms with Gasteiger partial charge in [0.1, 0.15) is 6.61 Å². The molecule has 0 spiro atoms. The van der Waals surface area contributed by atoms with E-state index in [0.29, 0.717) is 39.2 Å². The zero-order valence-electron chi connectivity index (χ0n) is 13.2. The van der Waals surface area contributed by atoms with Gasteiger partial charge in [0.15, 0.2) is 5.69 Å². The number of fused-ring (bicyclic) bond motifs is 1. The smallest absolute Gasteiger partial charge is 0.409 e. The Hall–Kier alpha value is -2.09. The van der Waals surface area contributed by atoms with Crippen LogP contribution in [-0.4, -0.2) is 64.1 Å². The minimum atomic E-state index is -0.964. The number of cyclic esters (lactones) is 1. The molecule has 2 N–H and O–H groups in total. The average Bonchev–Trinajstić information content (AvgIpc) is 3.10. The first-order valence-electron chi connectivity index (χ1n) is 8.07. The van der Waals surface area contributed by atoms with E-state index in [2.05, 4.69) is 10.4 Å². The topological polar surface area (TPSA) is 96.7 Å². The number of hydrogen-bond donors (Lipinski definition) is 2. The van der Waals surface area contributed by atoms with Crippen molar-refractivity contribution in [3.63, 3.8) is 0 Å². The lowest BCUT2D eigenvalue weighted by molar-refractivity contribution is 0.0688. The van der Waals surface area contributed by atoms with Crippen LogP contribution >= 0.6 is 0 Å². The molecule has 1 amide bonds. The lowest BCUT2D eigenvalue weighted by Crippen LogP contribution is -2.40. The highest BCUT2D eigenvalue weighted by Gasteiger charge is 2.29. The van der Waals surface area contributed by atoms with Crippen LogP contribution in [0, 0.1) is 0 Å². The molecule has 0 aromatic carbocycles. The van der Waals surface area contributed by atoms with E-state index < -0.39 is 5.97 Å². The predicted molar refractivity (Wildman–Crippen MR) is 81.6 cm³/mol. The SMILES string of the molecule is CCn1nc(C(=O)O)c2c1CC[C@@H](NCCN1CCOC1=O)C2. The minimum absolute atomic E-state index is 0.177. The summed E-state index contributed by atoms with van der Waals surface area (Å²) in [7, 11) is 0. The van der Waals surface area contributed by atoms with Crippen LogP contribution in [0.15, 0.2) is 0 Å². The van der Waals surface area contributed by atoms with Crippen LogP contribution in [0.4, 0.5) is 4.79 Å². The van der Waals surface area contributed by atoms with Gasteiger partial charge in [-0.05, 0) is 26.2 Å². The summed E-state index contributed by atoms with van der Waals surface area (Å²) in [5, 5.41) is 17.0. The average molecular weight is 322 g/mol. The number of carbonyl (C=O) groups excluding carboxylic acids is 1. The van der Waals surface area contributed by atoms with Crippen LogP contribution in [0.25, 0.3) is 0 Å². The number of carboxylic acids is 1. The zero-order chi connectivity index (χ0) is 16.4. The molecule has 3 rings (SSSR count). The molecular weight excluding hydrogens is 300 g/mol. The van der Waals surface area contributed by atoms with Crippen molar-refractivity contribution in [2.75, 3.05) is 26.2 Å². The molecule has 8 nitrogen and oxygen atoms in total. The Kier molecular flexibility index (Phi) is 4.51. The maximum absolute atomic E-state index is 11.4. The second kappa shape index (κ2) is 6.57. The normalized spacial score (nSPS) is 20.5. The molecule has 0 saturated carbocycles. The van der Waals surface area contributed by atoms with Gasteiger partial charge < -0.3 is 20.1 Å². The van der Waals surface area contributed by atoms with Crippen LogP contribution in [0.3, 0.4) is 0 Å². The number of aromatic nitrogens is 2. The number of aromatic carboxylic acids is 1. The van der Waals surface area contributed by atoms with Crippen molar-refractivity contribution in [1.29, 1.82) is 0 Å². The van der Waals surface area contributed by atoms with Gasteiger partial charge in [-0.25, -0.2) is 9.59 Å². The summed E-state index contributed by atoms with van der Waals surface area (Å²) < 4.78 is 6.70. The molecule has 126 valence electrons. The van der Waals surface area contributed by atoms with E-state index in [1.165, 1.54) is 0 Å². The molecule has 2 heterocycles. The first-order chi connectivity index (χ1) is 11.1. The highest BCUT2D eigenvalue weighted by molar-refractivity contribution is 5.87. The number of carboxylic acid groups (broad SMARTS) is 1. The second-order valence-electron chi connectivity index (χ2n) is 5.89. The van der Waals surface area contributed by atoms with Crippen molar-refractivity contribution < 1.29 is 19.4 Å². The van der Waals surface area contributed by atoms with E-state index in [1.54, 1.807) is 9.58 Å². The van der Waals surface area contributed by atoms with Gasteiger partial charge in [-0.15, -0.1) is 0 Å². The number of nitrogens with zero attached hydrogens (tertiary/aromatic N) is 3. The quantitative estimate of drug-likeness (QED) is 0.792. The third-order valence-electron chi connectivity index (χ3n) is 4.51. The van der Waals surface area contributed by atoms with Crippen molar-refractivity contribution in [3.05, 3.63) is 17.0 Å². The molecule has 8 heteroatoms.